The third-order valence-electron chi connectivity index (χ3n) is 3.19. The SMILES string of the molecule is Cc1ccc(CNC(=O)[C@@H](C)n2nc(C(F)(F)F)cc2C)o1. The molecule has 0 aromatic carbocycles. The monoisotopic (exact) mass is 315 g/mol. The van der Waals surface area contributed by atoms with Crippen LogP contribution in [0.4, 0.5) is 13.2 Å². The van der Waals surface area contributed by atoms with Crippen LogP contribution in [0.2, 0.25) is 0 Å². The fraction of sp³-hybridized carbons (Fsp3) is 0.429. The molecular weight excluding hydrogens is 299 g/mol. The molecule has 1 atom stereocenters. The molecule has 1 N–H and O–H groups in total. The third kappa shape index (κ3) is 3.49. The number of halogens is 3. The van der Waals surface area contributed by atoms with Gasteiger partial charge in [-0.15, -0.1) is 0 Å². The lowest BCUT2D eigenvalue weighted by Crippen LogP contribution is -2.31. The van der Waals surface area contributed by atoms with Gasteiger partial charge >= 0.3 is 6.18 Å². The number of carbonyl (C=O) groups excluding carboxylic acids is 1. The Hall–Kier alpha value is -2.25. The lowest BCUT2D eigenvalue weighted by Gasteiger charge is -2.14. The molecule has 8 heteroatoms. The van der Waals surface area contributed by atoms with E-state index in [1.54, 1.807) is 19.1 Å². The van der Waals surface area contributed by atoms with Crippen molar-refractivity contribution in [3.63, 3.8) is 0 Å². The minimum absolute atomic E-state index is 0.170. The van der Waals surface area contributed by atoms with Gasteiger partial charge in [0.2, 0.25) is 5.91 Å². The molecular formula is C14H16F3N3O2. The Labute approximate surface area is 125 Å². The molecule has 0 bridgehead atoms. The molecule has 5 nitrogen and oxygen atoms in total. The Morgan fingerprint density at radius 1 is 1.41 bits per heavy atom. The first-order valence-electron chi connectivity index (χ1n) is 6.65. The number of aryl methyl sites for hydroxylation is 2. The number of hydrogen-bond acceptors (Lipinski definition) is 3. The van der Waals surface area contributed by atoms with E-state index >= 15 is 0 Å². The second-order valence-electron chi connectivity index (χ2n) is 5.02. The summed E-state index contributed by atoms with van der Waals surface area (Å²) < 4.78 is 44.3. The van der Waals surface area contributed by atoms with Crippen LogP contribution in [0.1, 0.15) is 35.9 Å². The van der Waals surface area contributed by atoms with Crippen LogP contribution in [0.5, 0.6) is 0 Å². The quantitative estimate of drug-likeness (QED) is 0.943. The van der Waals surface area contributed by atoms with Crippen LogP contribution >= 0.6 is 0 Å². The highest BCUT2D eigenvalue weighted by atomic mass is 19.4. The number of furan rings is 1. The van der Waals surface area contributed by atoms with Crippen molar-refractivity contribution < 1.29 is 22.4 Å². The molecule has 0 fully saturated rings. The molecule has 2 rings (SSSR count). The largest absolute Gasteiger partial charge is 0.465 e. The van der Waals surface area contributed by atoms with E-state index in [-0.39, 0.29) is 12.2 Å². The predicted octanol–water partition coefficient (Wildman–Crippen LogP) is 2.99. The summed E-state index contributed by atoms with van der Waals surface area (Å²) in [6.07, 6.45) is -4.53. The van der Waals surface area contributed by atoms with Gasteiger partial charge in [-0.3, -0.25) is 9.48 Å². The summed E-state index contributed by atoms with van der Waals surface area (Å²) in [5.74, 6) is 0.857. The van der Waals surface area contributed by atoms with E-state index in [0.29, 0.717) is 5.76 Å². The van der Waals surface area contributed by atoms with Crippen molar-refractivity contribution in [1.82, 2.24) is 15.1 Å². The first kappa shape index (κ1) is 16.1. The van der Waals surface area contributed by atoms with Crippen molar-refractivity contribution >= 4 is 5.91 Å². The predicted molar refractivity (Wildman–Crippen MR) is 72.0 cm³/mol. The van der Waals surface area contributed by atoms with E-state index < -0.39 is 23.8 Å². The lowest BCUT2D eigenvalue weighted by atomic mass is 10.3. The van der Waals surface area contributed by atoms with E-state index in [0.717, 1.165) is 16.5 Å². The third-order valence-corrected chi connectivity index (χ3v) is 3.19. The molecule has 0 aliphatic heterocycles. The zero-order chi connectivity index (χ0) is 16.5. The van der Waals surface area contributed by atoms with E-state index in [1.165, 1.54) is 13.8 Å². The van der Waals surface area contributed by atoms with Gasteiger partial charge in [0, 0.05) is 5.69 Å². The first-order valence-corrected chi connectivity index (χ1v) is 6.65. The average molecular weight is 315 g/mol. The Kier molecular flexibility index (Phi) is 4.30. The van der Waals surface area contributed by atoms with Crippen molar-refractivity contribution in [1.29, 1.82) is 0 Å². The number of nitrogens with one attached hydrogen (secondary N) is 1. The van der Waals surface area contributed by atoms with E-state index in [9.17, 15) is 18.0 Å². The molecule has 0 aliphatic rings. The summed E-state index contributed by atoms with van der Waals surface area (Å²) in [6.45, 7) is 4.91. The Morgan fingerprint density at radius 3 is 2.59 bits per heavy atom. The van der Waals surface area contributed by atoms with Crippen LogP contribution < -0.4 is 5.32 Å². The minimum Gasteiger partial charge on any atom is -0.465 e. The number of hydrogen-bond donors (Lipinski definition) is 1. The van der Waals surface area contributed by atoms with Gasteiger partial charge in [-0.1, -0.05) is 0 Å². The summed E-state index contributed by atoms with van der Waals surface area (Å²) in [7, 11) is 0. The summed E-state index contributed by atoms with van der Waals surface area (Å²) in [5, 5.41) is 6.08. The number of alkyl halides is 3. The fourth-order valence-electron chi connectivity index (χ4n) is 2.03. The number of amides is 1. The zero-order valence-corrected chi connectivity index (χ0v) is 12.4. The highest BCUT2D eigenvalue weighted by Gasteiger charge is 2.35. The van der Waals surface area contributed by atoms with Crippen LogP contribution in [0, 0.1) is 13.8 Å². The summed E-state index contributed by atoms with van der Waals surface area (Å²) in [6, 6.07) is 3.55. The molecule has 0 radical (unpaired) electrons. The topological polar surface area (TPSA) is 60.1 Å². The molecule has 2 aromatic rings. The van der Waals surface area contributed by atoms with Crippen molar-refractivity contribution in [3.8, 4) is 0 Å². The van der Waals surface area contributed by atoms with Gasteiger partial charge in [0.25, 0.3) is 0 Å². The maximum atomic E-state index is 12.6. The molecule has 0 aliphatic carbocycles. The second-order valence-corrected chi connectivity index (χ2v) is 5.02. The molecule has 0 saturated carbocycles. The van der Waals surface area contributed by atoms with Crippen LogP contribution in [0.25, 0.3) is 0 Å². The maximum absolute atomic E-state index is 12.6. The van der Waals surface area contributed by atoms with Crippen LogP contribution in [-0.2, 0) is 17.5 Å². The normalized spacial score (nSPS) is 13.2. The highest BCUT2D eigenvalue weighted by molar-refractivity contribution is 5.79. The second kappa shape index (κ2) is 5.86. The zero-order valence-electron chi connectivity index (χ0n) is 12.4. The standard InChI is InChI=1S/C14H16F3N3O2/c1-8-6-12(14(15,16)17)19-20(8)10(3)13(21)18-7-11-5-4-9(2)22-11/h4-6,10H,7H2,1-3H3,(H,18,21)/t10-/m1/s1. The molecule has 0 saturated heterocycles. The fourth-order valence-corrected chi connectivity index (χ4v) is 2.03. The maximum Gasteiger partial charge on any atom is 0.435 e. The van der Waals surface area contributed by atoms with E-state index in [1.807, 2.05) is 0 Å². The summed E-state index contributed by atoms with van der Waals surface area (Å²) >= 11 is 0. The molecule has 120 valence electrons. The molecule has 0 spiro atoms. The smallest absolute Gasteiger partial charge is 0.435 e. The number of nitrogens with zero attached hydrogens (tertiary/aromatic N) is 2. The lowest BCUT2D eigenvalue weighted by molar-refractivity contribution is -0.142. The molecule has 2 heterocycles. The summed E-state index contributed by atoms with van der Waals surface area (Å²) in [4.78, 5) is 12.0. The van der Waals surface area contributed by atoms with Gasteiger partial charge < -0.3 is 9.73 Å². The van der Waals surface area contributed by atoms with Crippen LogP contribution in [0.15, 0.2) is 22.6 Å². The van der Waals surface area contributed by atoms with Gasteiger partial charge in [0.15, 0.2) is 5.69 Å². The number of carbonyl (C=O) groups is 1. The molecule has 2 aromatic heterocycles. The van der Waals surface area contributed by atoms with Crippen molar-refractivity contribution in [2.75, 3.05) is 0 Å². The average Bonchev–Trinajstić information content (AvgIpc) is 3.00. The Balaban J connectivity index is 2.05. The van der Waals surface area contributed by atoms with Gasteiger partial charge in [-0.2, -0.15) is 18.3 Å². The Bertz CT molecular complexity index is 673. The molecule has 1 amide bonds. The van der Waals surface area contributed by atoms with Gasteiger partial charge in [-0.05, 0) is 39.0 Å². The minimum atomic E-state index is -4.53. The number of rotatable bonds is 4. The van der Waals surface area contributed by atoms with E-state index in [4.69, 9.17) is 4.42 Å². The molecule has 0 unspecified atom stereocenters. The number of aromatic nitrogens is 2. The van der Waals surface area contributed by atoms with Gasteiger partial charge in [0.1, 0.15) is 17.6 Å². The summed E-state index contributed by atoms with van der Waals surface area (Å²) in [5.41, 5.74) is -0.741. The first-order chi connectivity index (χ1) is 10.2. The van der Waals surface area contributed by atoms with E-state index in [2.05, 4.69) is 10.4 Å². The van der Waals surface area contributed by atoms with Gasteiger partial charge in [0.05, 0.1) is 6.54 Å². The van der Waals surface area contributed by atoms with Crippen molar-refractivity contribution in [2.45, 2.75) is 39.5 Å². The van der Waals surface area contributed by atoms with Crippen LogP contribution in [0.3, 0.4) is 0 Å². The highest BCUT2D eigenvalue weighted by Crippen LogP contribution is 2.29. The Morgan fingerprint density at radius 2 is 2.09 bits per heavy atom. The van der Waals surface area contributed by atoms with Gasteiger partial charge in [-0.25, -0.2) is 0 Å². The molecule has 22 heavy (non-hydrogen) atoms. The van der Waals surface area contributed by atoms with Crippen LogP contribution in [-0.4, -0.2) is 15.7 Å². The van der Waals surface area contributed by atoms with Crippen molar-refractivity contribution in [2.24, 2.45) is 0 Å². The van der Waals surface area contributed by atoms with Crippen molar-refractivity contribution in [3.05, 3.63) is 41.1 Å².